The Morgan fingerprint density at radius 3 is 2.29 bits per heavy atom. The molecule has 0 spiro atoms. The van der Waals surface area contributed by atoms with Crippen molar-refractivity contribution >= 4 is 11.4 Å². The van der Waals surface area contributed by atoms with E-state index >= 15 is 0 Å². The van der Waals surface area contributed by atoms with Crippen molar-refractivity contribution in [3.63, 3.8) is 0 Å². The minimum atomic E-state index is 0.00185. The van der Waals surface area contributed by atoms with E-state index in [1.165, 1.54) is 17.5 Å². The molecule has 2 heteroatoms. The maximum atomic E-state index is 6.42. The second kappa shape index (κ2) is 3.41. The quantitative estimate of drug-likeness (QED) is 0.674. The van der Waals surface area contributed by atoms with E-state index in [2.05, 4.69) is 40.7 Å². The molecule has 17 heavy (non-hydrogen) atoms. The molecule has 0 fully saturated rings. The second-order valence-corrected chi connectivity index (χ2v) is 6.92. The Kier molecular flexibility index (Phi) is 2.46. The van der Waals surface area contributed by atoms with Gasteiger partial charge in [-0.15, -0.1) is 0 Å². The molecule has 2 rings (SSSR count). The number of rotatable bonds is 0. The van der Waals surface area contributed by atoms with E-state index in [-0.39, 0.29) is 10.8 Å². The lowest BCUT2D eigenvalue weighted by Gasteiger charge is -2.29. The number of fused-ring (bicyclic) bond motifs is 1. The van der Waals surface area contributed by atoms with Gasteiger partial charge in [-0.1, -0.05) is 34.6 Å². The molecule has 0 saturated carbocycles. The largest absolute Gasteiger partial charge is 0.398 e. The van der Waals surface area contributed by atoms with Crippen LogP contribution in [0.4, 0.5) is 11.4 Å². The zero-order chi connectivity index (χ0) is 13.0. The van der Waals surface area contributed by atoms with E-state index in [0.717, 1.165) is 23.4 Å². The summed E-state index contributed by atoms with van der Waals surface area (Å²) < 4.78 is 0. The third-order valence-electron chi connectivity index (χ3n) is 3.92. The Balaban J connectivity index is 2.75. The molecule has 1 aliphatic rings. The number of benzene rings is 1. The van der Waals surface area contributed by atoms with Crippen LogP contribution in [0, 0.1) is 0 Å². The first-order valence-electron chi connectivity index (χ1n) is 6.36. The molecule has 0 atom stereocenters. The summed E-state index contributed by atoms with van der Waals surface area (Å²) in [5.41, 5.74) is 18.4. The van der Waals surface area contributed by atoms with E-state index in [0.29, 0.717) is 0 Å². The highest BCUT2D eigenvalue weighted by Gasteiger charge is 2.35. The van der Waals surface area contributed by atoms with Gasteiger partial charge < -0.3 is 11.5 Å². The first-order valence-corrected chi connectivity index (χ1v) is 6.36. The third-order valence-corrected chi connectivity index (χ3v) is 3.92. The average molecular weight is 232 g/mol. The maximum absolute atomic E-state index is 6.42. The first-order chi connectivity index (χ1) is 7.64. The van der Waals surface area contributed by atoms with Gasteiger partial charge in [0, 0.05) is 16.9 Å². The molecule has 0 amide bonds. The third kappa shape index (κ3) is 1.80. The van der Waals surface area contributed by atoms with Gasteiger partial charge in [-0.25, -0.2) is 0 Å². The molecule has 0 aliphatic heterocycles. The molecule has 2 nitrogen and oxygen atoms in total. The van der Waals surface area contributed by atoms with Crippen LogP contribution >= 0.6 is 0 Å². The summed E-state index contributed by atoms with van der Waals surface area (Å²) in [5.74, 6) is 0. The van der Waals surface area contributed by atoms with Crippen LogP contribution in [0.1, 0.15) is 57.7 Å². The highest BCUT2D eigenvalue weighted by molar-refractivity contribution is 5.72. The van der Waals surface area contributed by atoms with Crippen LogP contribution in [0.25, 0.3) is 0 Å². The summed E-state index contributed by atoms with van der Waals surface area (Å²) in [6.07, 6.45) is 2.26. The molecule has 0 saturated heterocycles. The minimum Gasteiger partial charge on any atom is -0.398 e. The van der Waals surface area contributed by atoms with Gasteiger partial charge >= 0.3 is 0 Å². The summed E-state index contributed by atoms with van der Waals surface area (Å²) in [5, 5.41) is 0. The lowest BCUT2D eigenvalue weighted by Crippen LogP contribution is -2.21. The number of nitrogens with two attached hydrogens (primary N) is 2. The molecule has 0 unspecified atom stereocenters. The monoisotopic (exact) mass is 232 g/mol. The Morgan fingerprint density at radius 2 is 1.76 bits per heavy atom. The van der Waals surface area contributed by atoms with Gasteiger partial charge in [0.15, 0.2) is 0 Å². The molecule has 1 aromatic carbocycles. The number of aryl methyl sites for hydroxylation is 1. The molecular formula is C15H24N2. The Labute approximate surface area is 104 Å². The molecule has 0 bridgehead atoms. The van der Waals surface area contributed by atoms with Gasteiger partial charge in [0.05, 0.1) is 0 Å². The van der Waals surface area contributed by atoms with Gasteiger partial charge in [0.2, 0.25) is 0 Å². The van der Waals surface area contributed by atoms with Gasteiger partial charge in [0.25, 0.3) is 0 Å². The smallest absolute Gasteiger partial charge is 0.0413 e. The summed E-state index contributed by atoms with van der Waals surface area (Å²) in [6.45, 7) is 11.1. The Bertz CT molecular complexity index is 461. The summed E-state index contributed by atoms with van der Waals surface area (Å²) in [7, 11) is 0. The van der Waals surface area contributed by atoms with Crippen LogP contribution in [0.2, 0.25) is 0 Å². The molecule has 0 radical (unpaired) electrons. The first kappa shape index (κ1) is 12.3. The van der Waals surface area contributed by atoms with E-state index < -0.39 is 0 Å². The fourth-order valence-electron chi connectivity index (χ4n) is 3.19. The second-order valence-electron chi connectivity index (χ2n) is 6.92. The number of hydrogen-bond donors (Lipinski definition) is 2. The summed E-state index contributed by atoms with van der Waals surface area (Å²) >= 11 is 0. The van der Waals surface area contributed by atoms with Crippen LogP contribution in [0.15, 0.2) is 6.07 Å². The van der Waals surface area contributed by atoms with E-state index in [1.54, 1.807) is 0 Å². The zero-order valence-corrected chi connectivity index (χ0v) is 11.6. The summed E-state index contributed by atoms with van der Waals surface area (Å²) in [4.78, 5) is 0. The van der Waals surface area contributed by atoms with Crippen molar-refractivity contribution in [3.05, 3.63) is 22.8 Å². The highest BCUT2D eigenvalue weighted by atomic mass is 14.7. The number of anilines is 2. The van der Waals surface area contributed by atoms with Crippen molar-refractivity contribution in [1.82, 2.24) is 0 Å². The molecule has 4 N–H and O–H groups in total. The van der Waals surface area contributed by atoms with Crippen LogP contribution in [-0.2, 0) is 17.3 Å². The average Bonchev–Trinajstić information content (AvgIpc) is 2.38. The van der Waals surface area contributed by atoms with Crippen molar-refractivity contribution in [2.45, 2.75) is 58.3 Å². The SMILES string of the molecule is CC(C)(C)c1c(N)cc2c(c1N)C(C)(C)CC2. The van der Waals surface area contributed by atoms with E-state index in [4.69, 9.17) is 11.5 Å². The van der Waals surface area contributed by atoms with Crippen molar-refractivity contribution in [2.24, 2.45) is 0 Å². The highest BCUT2D eigenvalue weighted by Crippen LogP contribution is 2.47. The van der Waals surface area contributed by atoms with Crippen LogP contribution in [0.3, 0.4) is 0 Å². The van der Waals surface area contributed by atoms with Crippen LogP contribution in [-0.4, -0.2) is 0 Å². The fourth-order valence-corrected chi connectivity index (χ4v) is 3.19. The zero-order valence-electron chi connectivity index (χ0n) is 11.6. The van der Waals surface area contributed by atoms with Crippen molar-refractivity contribution < 1.29 is 0 Å². The van der Waals surface area contributed by atoms with Crippen LogP contribution < -0.4 is 11.5 Å². The lowest BCUT2D eigenvalue weighted by molar-refractivity contribution is 0.521. The van der Waals surface area contributed by atoms with Crippen molar-refractivity contribution in [1.29, 1.82) is 0 Å². The topological polar surface area (TPSA) is 52.0 Å². The van der Waals surface area contributed by atoms with Crippen LogP contribution in [0.5, 0.6) is 0 Å². The number of hydrogen-bond acceptors (Lipinski definition) is 2. The maximum Gasteiger partial charge on any atom is 0.0413 e. The standard InChI is InChI=1S/C15H24N2/c1-14(2,3)12-10(16)8-9-6-7-15(4,5)11(9)13(12)17/h8H,6-7,16-17H2,1-5H3. The van der Waals surface area contributed by atoms with Gasteiger partial charge in [-0.05, 0) is 40.9 Å². The molecule has 0 heterocycles. The van der Waals surface area contributed by atoms with Gasteiger partial charge in [-0.3, -0.25) is 0 Å². The summed E-state index contributed by atoms with van der Waals surface area (Å²) in [6, 6.07) is 2.14. The molecular weight excluding hydrogens is 208 g/mol. The minimum absolute atomic E-state index is 0.00185. The van der Waals surface area contributed by atoms with Crippen molar-refractivity contribution in [3.8, 4) is 0 Å². The predicted molar refractivity (Wildman–Crippen MR) is 75.3 cm³/mol. The van der Waals surface area contributed by atoms with Crippen molar-refractivity contribution in [2.75, 3.05) is 11.5 Å². The molecule has 0 aromatic heterocycles. The fraction of sp³-hybridized carbons (Fsp3) is 0.600. The molecule has 1 aliphatic carbocycles. The normalized spacial score (nSPS) is 18.2. The Hall–Kier alpha value is -1.18. The Morgan fingerprint density at radius 1 is 1.18 bits per heavy atom. The van der Waals surface area contributed by atoms with Gasteiger partial charge in [-0.2, -0.15) is 0 Å². The van der Waals surface area contributed by atoms with E-state index in [1.807, 2.05) is 0 Å². The predicted octanol–water partition coefficient (Wildman–Crippen LogP) is 3.37. The molecule has 94 valence electrons. The number of nitrogen functional groups attached to an aromatic ring is 2. The van der Waals surface area contributed by atoms with Gasteiger partial charge in [0.1, 0.15) is 0 Å². The van der Waals surface area contributed by atoms with E-state index in [9.17, 15) is 0 Å². The lowest BCUT2D eigenvalue weighted by atomic mass is 9.78. The molecule has 1 aromatic rings.